The third kappa shape index (κ3) is 11.5. The summed E-state index contributed by atoms with van der Waals surface area (Å²) in [5, 5.41) is 0. The van der Waals surface area contributed by atoms with Crippen LogP contribution in [0.15, 0.2) is 0 Å². The van der Waals surface area contributed by atoms with Crippen LogP contribution in [0.4, 0.5) is 0 Å². The third-order valence-corrected chi connectivity index (χ3v) is 2.15. The van der Waals surface area contributed by atoms with Crippen molar-refractivity contribution in [2.75, 3.05) is 6.61 Å². The van der Waals surface area contributed by atoms with Crippen molar-refractivity contribution < 1.29 is 9.53 Å². The summed E-state index contributed by atoms with van der Waals surface area (Å²) in [6.07, 6.45) is 10.8. The predicted molar refractivity (Wildman–Crippen MR) is 58.9 cm³/mol. The van der Waals surface area contributed by atoms with Crippen molar-refractivity contribution in [3.05, 3.63) is 6.42 Å². The maximum atomic E-state index is 10.4. The van der Waals surface area contributed by atoms with Crippen LogP contribution < -0.4 is 0 Å². The summed E-state index contributed by atoms with van der Waals surface area (Å²) in [5.41, 5.74) is 0. The smallest absolute Gasteiger partial charge is 0.302 e. The molecule has 0 aromatic rings. The predicted octanol–water partition coefficient (Wildman–Crippen LogP) is 3.50. The van der Waals surface area contributed by atoms with Crippen molar-refractivity contribution in [1.29, 1.82) is 0 Å². The van der Waals surface area contributed by atoms with E-state index in [0.29, 0.717) is 6.61 Å². The number of carbonyl (C=O) groups is 1. The number of esters is 1. The van der Waals surface area contributed by atoms with Gasteiger partial charge in [-0.25, -0.2) is 0 Å². The van der Waals surface area contributed by atoms with Crippen LogP contribution in [0.2, 0.25) is 0 Å². The second kappa shape index (κ2) is 10.6. The minimum atomic E-state index is -0.164. The van der Waals surface area contributed by atoms with Gasteiger partial charge in [0.05, 0.1) is 6.61 Å². The van der Waals surface area contributed by atoms with Gasteiger partial charge in [0.25, 0.3) is 0 Å². The van der Waals surface area contributed by atoms with Crippen LogP contribution in [0.1, 0.15) is 58.8 Å². The zero-order chi connectivity index (χ0) is 10.6. The van der Waals surface area contributed by atoms with Crippen LogP contribution in [0.25, 0.3) is 0 Å². The number of hydrogen-bond acceptors (Lipinski definition) is 2. The van der Waals surface area contributed by atoms with Gasteiger partial charge in [-0.1, -0.05) is 45.4 Å². The number of rotatable bonds is 9. The summed E-state index contributed by atoms with van der Waals surface area (Å²) < 4.78 is 4.84. The Bertz CT molecular complexity index is 132. The first kappa shape index (κ1) is 13.5. The largest absolute Gasteiger partial charge is 0.466 e. The first-order valence-corrected chi connectivity index (χ1v) is 5.72. The molecule has 0 saturated carbocycles. The van der Waals surface area contributed by atoms with Crippen LogP contribution in [-0.4, -0.2) is 12.6 Å². The lowest BCUT2D eigenvalue weighted by molar-refractivity contribution is -0.141. The zero-order valence-electron chi connectivity index (χ0n) is 9.55. The van der Waals surface area contributed by atoms with Gasteiger partial charge in [0.1, 0.15) is 0 Å². The number of ether oxygens (including phenoxy) is 1. The highest BCUT2D eigenvalue weighted by molar-refractivity contribution is 5.65. The van der Waals surface area contributed by atoms with Gasteiger partial charge >= 0.3 is 5.97 Å². The van der Waals surface area contributed by atoms with Crippen molar-refractivity contribution in [3.63, 3.8) is 0 Å². The summed E-state index contributed by atoms with van der Waals surface area (Å²) in [4.78, 5) is 10.4. The molecule has 1 radical (unpaired) electrons. The van der Waals surface area contributed by atoms with E-state index in [1.165, 1.54) is 45.4 Å². The van der Waals surface area contributed by atoms with Crippen LogP contribution in [0, 0.1) is 6.42 Å². The first-order valence-electron chi connectivity index (χ1n) is 5.72. The topological polar surface area (TPSA) is 26.3 Å². The molecule has 0 N–H and O–H groups in total. The van der Waals surface area contributed by atoms with E-state index in [2.05, 4.69) is 13.3 Å². The first-order chi connectivity index (χ1) is 6.77. The molecule has 0 spiro atoms. The Morgan fingerprint density at radius 2 is 1.79 bits per heavy atom. The Morgan fingerprint density at radius 1 is 1.14 bits per heavy atom. The third-order valence-electron chi connectivity index (χ3n) is 2.15. The van der Waals surface area contributed by atoms with Crippen LogP contribution in [-0.2, 0) is 9.53 Å². The van der Waals surface area contributed by atoms with Gasteiger partial charge in [0, 0.05) is 6.92 Å². The van der Waals surface area contributed by atoms with Crippen molar-refractivity contribution in [3.8, 4) is 0 Å². The lowest BCUT2D eigenvalue weighted by Crippen LogP contribution is -2.00. The van der Waals surface area contributed by atoms with Gasteiger partial charge in [-0.15, -0.1) is 0 Å². The molecular formula is C12H23O2. The molecule has 83 valence electrons. The van der Waals surface area contributed by atoms with Crippen LogP contribution in [0.5, 0.6) is 0 Å². The Morgan fingerprint density at radius 3 is 2.43 bits per heavy atom. The van der Waals surface area contributed by atoms with Gasteiger partial charge in [-0.3, -0.25) is 4.79 Å². The molecule has 0 aliphatic carbocycles. The average molecular weight is 199 g/mol. The second-order valence-corrected chi connectivity index (χ2v) is 3.59. The van der Waals surface area contributed by atoms with Gasteiger partial charge in [-0.05, 0) is 12.8 Å². The molecule has 0 fully saturated rings. The molecule has 0 aliphatic heterocycles. The van der Waals surface area contributed by atoms with E-state index >= 15 is 0 Å². The van der Waals surface area contributed by atoms with E-state index < -0.39 is 0 Å². The van der Waals surface area contributed by atoms with Gasteiger partial charge in [0.2, 0.25) is 0 Å². The molecule has 0 bridgehead atoms. The van der Waals surface area contributed by atoms with Gasteiger partial charge in [0.15, 0.2) is 0 Å². The van der Waals surface area contributed by atoms with Gasteiger partial charge in [-0.2, -0.15) is 0 Å². The summed E-state index contributed by atoms with van der Waals surface area (Å²) in [6, 6.07) is 0. The highest BCUT2D eigenvalue weighted by Crippen LogP contribution is 2.07. The summed E-state index contributed by atoms with van der Waals surface area (Å²) >= 11 is 0. The quantitative estimate of drug-likeness (QED) is 0.419. The average Bonchev–Trinajstić information content (AvgIpc) is 2.15. The van der Waals surface area contributed by atoms with Gasteiger partial charge < -0.3 is 4.74 Å². The lowest BCUT2D eigenvalue weighted by Gasteiger charge is -2.02. The molecule has 0 unspecified atom stereocenters. The zero-order valence-corrected chi connectivity index (χ0v) is 9.55. The van der Waals surface area contributed by atoms with Crippen molar-refractivity contribution in [2.45, 2.75) is 58.8 Å². The minimum absolute atomic E-state index is 0.164. The van der Waals surface area contributed by atoms with Crippen LogP contribution >= 0.6 is 0 Å². The molecule has 2 heteroatoms. The molecule has 0 saturated heterocycles. The second-order valence-electron chi connectivity index (χ2n) is 3.59. The number of hydrogen-bond donors (Lipinski definition) is 0. The normalized spacial score (nSPS) is 10.1. The van der Waals surface area contributed by atoms with E-state index in [9.17, 15) is 4.79 Å². The molecule has 0 atom stereocenters. The van der Waals surface area contributed by atoms with Crippen molar-refractivity contribution >= 4 is 5.97 Å². The Hall–Kier alpha value is -0.530. The van der Waals surface area contributed by atoms with E-state index in [-0.39, 0.29) is 5.97 Å². The fourth-order valence-electron chi connectivity index (χ4n) is 1.34. The summed E-state index contributed by atoms with van der Waals surface area (Å²) in [7, 11) is 0. The molecule has 0 rings (SSSR count). The number of unbranched alkanes of at least 4 members (excludes halogenated alkanes) is 7. The van der Waals surface area contributed by atoms with E-state index in [4.69, 9.17) is 4.74 Å². The molecule has 0 heterocycles. The maximum absolute atomic E-state index is 10.4. The van der Waals surface area contributed by atoms with E-state index in [0.717, 1.165) is 6.42 Å². The van der Waals surface area contributed by atoms with Crippen molar-refractivity contribution in [2.24, 2.45) is 0 Å². The molecule has 2 nitrogen and oxygen atoms in total. The Labute approximate surface area is 88.0 Å². The molecule has 0 aromatic heterocycles. The molecule has 14 heavy (non-hydrogen) atoms. The highest BCUT2D eigenvalue weighted by atomic mass is 16.5. The summed E-state index contributed by atoms with van der Waals surface area (Å²) in [5.74, 6) is -0.164. The number of carbonyl (C=O) groups excluding carboxylic acids is 1. The monoisotopic (exact) mass is 199 g/mol. The molecule has 0 aliphatic rings. The summed E-state index contributed by atoms with van der Waals surface area (Å²) in [6.45, 7) is 4.23. The lowest BCUT2D eigenvalue weighted by atomic mass is 10.1. The Kier molecular flexibility index (Phi) is 10.2. The molecule has 0 amide bonds. The SMILES string of the molecule is CC[CH]CCCCCCCOC(C)=O. The fourth-order valence-corrected chi connectivity index (χ4v) is 1.34. The Balaban J connectivity index is 2.88. The van der Waals surface area contributed by atoms with Crippen LogP contribution in [0.3, 0.4) is 0 Å². The standard InChI is InChI=1S/C12H23O2/c1-3-4-5-6-7-8-9-10-11-14-12(2)13/h4H,3,5-11H2,1-2H3. The van der Waals surface area contributed by atoms with E-state index in [1.54, 1.807) is 0 Å². The van der Waals surface area contributed by atoms with Crippen molar-refractivity contribution in [1.82, 2.24) is 0 Å². The highest BCUT2D eigenvalue weighted by Gasteiger charge is 1.93. The maximum Gasteiger partial charge on any atom is 0.302 e. The fraction of sp³-hybridized carbons (Fsp3) is 0.833. The van der Waals surface area contributed by atoms with E-state index in [1.807, 2.05) is 0 Å². The molecule has 0 aromatic carbocycles. The molecular weight excluding hydrogens is 176 g/mol. The minimum Gasteiger partial charge on any atom is -0.466 e.